The van der Waals surface area contributed by atoms with E-state index < -0.39 is 29.9 Å². The number of carbonyl (C=O) groups excluding carboxylic acids is 4. The SMILES string of the molecule is CCCCCC(=O)Oc1ccc(C[C@H](NCCOC(=O)c2ccccc2)C(=O)OC)cc1OC(=O)CCCCC. The minimum absolute atomic E-state index is 0.0504. The molecule has 0 saturated carbocycles. The van der Waals surface area contributed by atoms with Crippen molar-refractivity contribution < 1.29 is 38.1 Å². The second-order valence-corrected chi connectivity index (χ2v) is 9.38. The Hall–Kier alpha value is -3.72. The van der Waals surface area contributed by atoms with Gasteiger partial charge in [-0.1, -0.05) is 63.8 Å². The molecule has 0 aromatic heterocycles. The van der Waals surface area contributed by atoms with Gasteiger partial charge < -0.3 is 24.3 Å². The van der Waals surface area contributed by atoms with E-state index in [4.69, 9.17) is 18.9 Å². The third-order valence-electron chi connectivity index (χ3n) is 6.09. The standard InChI is InChI=1S/C31H41NO8/c1-4-6-9-15-28(33)39-26-18-17-23(22-27(26)40-29(34)16-10-7-5-2)21-25(31(36)37-3)32-19-20-38-30(35)24-13-11-8-12-14-24/h8,11-14,17-18,22,25,32H,4-7,9-10,15-16,19-21H2,1-3H3/t25-/m0/s1. The summed E-state index contributed by atoms with van der Waals surface area (Å²) in [5.41, 5.74) is 1.10. The smallest absolute Gasteiger partial charge is 0.338 e. The molecule has 0 fully saturated rings. The van der Waals surface area contributed by atoms with Gasteiger partial charge in [0.1, 0.15) is 12.6 Å². The molecule has 1 N–H and O–H groups in total. The topological polar surface area (TPSA) is 117 Å². The molecule has 0 aliphatic rings. The summed E-state index contributed by atoms with van der Waals surface area (Å²) in [5, 5.41) is 3.05. The lowest BCUT2D eigenvalue weighted by Crippen LogP contribution is -2.41. The molecule has 40 heavy (non-hydrogen) atoms. The minimum atomic E-state index is -0.754. The third-order valence-corrected chi connectivity index (χ3v) is 6.09. The van der Waals surface area contributed by atoms with Crippen LogP contribution in [0.25, 0.3) is 0 Å². The maximum Gasteiger partial charge on any atom is 0.338 e. The second-order valence-electron chi connectivity index (χ2n) is 9.38. The number of unbranched alkanes of at least 4 members (excludes halogenated alkanes) is 4. The molecule has 9 nitrogen and oxygen atoms in total. The molecular formula is C31H41NO8. The Labute approximate surface area is 236 Å². The van der Waals surface area contributed by atoms with Gasteiger partial charge in [0.05, 0.1) is 12.7 Å². The van der Waals surface area contributed by atoms with E-state index in [0.29, 0.717) is 24.0 Å². The maximum atomic E-state index is 12.5. The molecule has 1 atom stereocenters. The van der Waals surface area contributed by atoms with E-state index in [9.17, 15) is 19.2 Å². The van der Waals surface area contributed by atoms with Gasteiger partial charge in [-0.05, 0) is 49.1 Å². The van der Waals surface area contributed by atoms with Gasteiger partial charge in [0.2, 0.25) is 0 Å². The molecule has 0 bridgehead atoms. The molecule has 2 rings (SSSR count). The van der Waals surface area contributed by atoms with Crippen molar-refractivity contribution in [2.45, 2.75) is 77.7 Å². The Morgan fingerprint density at radius 1 is 0.800 bits per heavy atom. The fourth-order valence-electron chi connectivity index (χ4n) is 3.88. The lowest BCUT2D eigenvalue weighted by atomic mass is 10.0. The zero-order chi connectivity index (χ0) is 29.2. The molecule has 0 aliphatic heterocycles. The van der Waals surface area contributed by atoms with Gasteiger partial charge in [-0.15, -0.1) is 0 Å². The Kier molecular flexibility index (Phi) is 15.1. The molecule has 9 heteroatoms. The third kappa shape index (κ3) is 12.0. The summed E-state index contributed by atoms with van der Waals surface area (Å²) >= 11 is 0. The highest BCUT2D eigenvalue weighted by atomic mass is 16.6. The average Bonchev–Trinajstić information content (AvgIpc) is 2.96. The van der Waals surface area contributed by atoms with Crippen LogP contribution in [0.15, 0.2) is 48.5 Å². The molecule has 0 saturated heterocycles. The normalized spacial score (nSPS) is 11.4. The fraction of sp³-hybridized carbons (Fsp3) is 0.484. The highest BCUT2D eigenvalue weighted by molar-refractivity contribution is 5.89. The number of nitrogens with one attached hydrogen (secondary N) is 1. The molecule has 0 amide bonds. The first-order chi connectivity index (χ1) is 19.4. The average molecular weight is 556 g/mol. The van der Waals surface area contributed by atoms with Crippen molar-refractivity contribution >= 4 is 23.9 Å². The zero-order valence-corrected chi connectivity index (χ0v) is 23.7. The first kappa shape index (κ1) is 32.5. The van der Waals surface area contributed by atoms with Gasteiger partial charge >= 0.3 is 23.9 Å². The summed E-state index contributed by atoms with van der Waals surface area (Å²) in [7, 11) is 1.29. The largest absolute Gasteiger partial charge is 0.468 e. The van der Waals surface area contributed by atoms with E-state index in [0.717, 1.165) is 25.7 Å². The van der Waals surface area contributed by atoms with Gasteiger partial charge in [0.15, 0.2) is 11.5 Å². The Bertz CT molecular complexity index is 1090. The highest BCUT2D eigenvalue weighted by Crippen LogP contribution is 2.30. The summed E-state index contributed by atoms with van der Waals surface area (Å²) in [5.74, 6) is -1.49. The van der Waals surface area contributed by atoms with Crippen LogP contribution in [0, 0.1) is 0 Å². The van der Waals surface area contributed by atoms with Crippen molar-refractivity contribution in [3.8, 4) is 11.5 Å². The molecule has 0 aliphatic carbocycles. The molecule has 2 aromatic carbocycles. The van der Waals surface area contributed by atoms with Crippen molar-refractivity contribution in [2.24, 2.45) is 0 Å². The molecule has 0 radical (unpaired) electrons. The zero-order valence-electron chi connectivity index (χ0n) is 23.7. The van der Waals surface area contributed by atoms with Crippen molar-refractivity contribution in [2.75, 3.05) is 20.3 Å². The van der Waals surface area contributed by atoms with Crippen molar-refractivity contribution in [1.29, 1.82) is 0 Å². The number of esters is 4. The molecule has 0 unspecified atom stereocenters. The lowest BCUT2D eigenvalue weighted by molar-refractivity contribution is -0.143. The summed E-state index contributed by atoms with van der Waals surface area (Å²) in [6.45, 7) is 4.36. The van der Waals surface area contributed by atoms with E-state index in [1.165, 1.54) is 7.11 Å². The summed E-state index contributed by atoms with van der Waals surface area (Å²) in [6, 6.07) is 12.7. The van der Waals surface area contributed by atoms with Crippen LogP contribution in [-0.2, 0) is 30.3 Å². The molecule has 2 aromatic rings. The Balaban J connectivity index is 2.08. The second kappa shape index (κ2) is 18.5. The van der Waals surface area contributed by atoms with Gasteiger partial charge in [0.25, 0.3) is 0 Å². The fourth-order valence-corrected chi connectivity index (χ4v) is 3.88. The number of rotatable bonds is 18. The first-order valence-corrected chi connectivity index (χ1v) is 14.0. The first-order valence-electron chi connectivity index (χ1n) is 14.0. The number of ether oxygens (including phenoxy) is 4. The van der Waals surface area contributed by atoms with Crippen LogP contribution in [0.5, 0.6) is 11.5 Å². The van der Waals surface area contributed by atoms with Crippen LogP contribution >= 0.6 is 0 Å². The van der Waals surface area contributed by atoms with Crippen molar-refractivity contribution in [3.05, 3.63) is 59.7 Å². The van der Waals surface area contributed by atoms with Gasteiger partial charge in [-0.3, -0.25) is 14.4 Å². The van der Waals surface area contributed by atoms with E-state index in [2.05, 4.69) is 5.32 Å². The van der Waals surface area contributed by atoms with Crippen LogP contribution in [0.1, 0.15) is 81.1 Å². The molecular weight excluding hydrogens is 514 g/mol. The number of hydrogen-bond acceptors (Lipinski definition) is 9. The maximum absolute atomic E-state index is 12.5. The minimum Gasteiger partial charge on any atom is -0.468 e. The van der Waals surface area contributed by atoms with Crippen LogP contribution in [0.4, 0.5) is 0 Å². The number of carbonyl (C=O) groups is 4. The summed E-state index contributed by atoms with van der Waals surface area (Å²) in [6.07, 6.45) is 5.90. The Morgan fingerprint density at radius 2 is 1.43 bits per heavy atom. The van der Waals surface area contributed by atoms with E-state index >= 15 is 0 Å². The number of hydrogen-bond donors (Lipinski definition) is 1. The lowest BCUT2D eigenvalue weighted by Gasteiger charge is -2.18. The van der Waals surface area contributed by atoms with E-state index in [1.54, 1.807) is 42.5 Å². The molecule has 0 spiro atoms. The van der Waals surface area contributed by atoms with Crippen LogP contribution in [0.3, 0.4) is 0 Å². The monoisotopic (exact) mass is 555 g/mol. The van der Waals surface area contributed by atoms with Gasteiger partial charge in [-0.25, -0.2) is 4.79 Å². The predicted octanol–water partition coefficient (Wildman–Crippen LogP) is 5.19. The Morgan fingerprint density at radius 3 is 2.02 bits per heavy atom. The van der Waals surface area contributed by atoms with Crippen LogP contribution < -0.4 is 14.8 Å². The van der Waals surface area contributed by atoms with Gasteiger partial charge in [-0.2, -0.15) is 0 Å². The van der Waals surface area contributed by atoms with Crippen molar-refractivity contribution in [3.63, 3.8) is 0 Å². The summed E-state index contributed by atoms with van der Waals surface area (Å²) in [4.78, 5) is 49.4. The van der Waals surface area contributed by atoms with Crippen molar-refractivity contribution in [1.82, 2.24) is 5.32 Å². The predicted molar refractivity (Wildman–Crippen MR) is 150 cm³/mol. The van der Waals surface area contributed by atoms with Gasteiger partial charge in [0, 0.05) is 19.4 Å². The number of methoxy groups -OCH3 is 1. The molecule has 218 valence electrons. The van der Waals surface area contributed by atoms with E-state index in [1.807, 2.05) is 19.9 Å². The van der Waals surface area contributed by atoms with Crippen LogP contribution in [0.2, 0.25) is 0 Å². The summed E-state index contributed by atoms with van der Waals surface area (Å²) < 4.78 is 21.3. The highest BCUT2D eigenvalue weighted by Gasteiger charge is 2.22. The number of benzene rings is 2. The van der Waals surface area contributed by atoms with E-state index in [-0.39, 0.29) is 43.9 Å². The molecule has 0 heterocycles. The van der Waals surface area contributed by atoms with Crippen LogP contribution in [-0.4, -0.2) is 50.2 Å². The quantitative estimate of drug-likeness (QED) is 0.151.